The van der Waals surface area contributed by atoms with Gasteiger partial charge in [-0.2, -0.15) is 0 Å². The molecule has 0 N–H and O–H groups in total. The molecular formula is C25H43NO3S9Si. The molecule has 1 aromatic carbocycles. The number of nitrogens with zero attached hydrogens (tertiary/aromatic N) is 1. The molecule has 2 aromatic rings. The van der Waals surface area contributed by atoms with Crippen molar-refractivity contribution in [2.75, 3.05) is 25.6 Å². The molecule has 0 atom stereocenters. The number of aromatic nitrogens is 1. The Kier molecular flexibility index (Phi) is 24.2. The third-order valence-corrected chi connectivity index (χ3v) is 25.3. The fraction of sp³-hybridized carbons (Fsp3) is 0.720. The Morgan fingerprint density at radius 3 is 1.82 bits per heavy atom. The van der Waals surface area contributed by atoms with Crippen molar-refractivity contribution in [2.24, 2.45) is 0 Å². The molecule has 0 aliphatic rings. The van der Waals surface area contributed by atoms with Gasteiger partial charge in [-0.25, -0.2) is 4.98 Å². The highest BCUT2D eigenvalue weighted by molar-refractivity contribution is 9.48. The first-order chi connectivity index (χ1) is 19.2. The summed E-state index contributed by atoms with van der Waals surface area (Å²) in [5.41, 5.74) is 1.10. The van der Waals surface area contributed by atoms with Crippen LogP contribution in [0.25, 0.3) is 10.2 Å². The monoisotopic (exact) mass is 721 g/mol. The molecule has 0 bridgehead atoms. The van der Waals surface area contributed by atoms with Crippen molar-refractivity contribution in [1.82, 2.24) is 4.98 Å². The highest BCUT2D eigenvalue weighted by Crippen LogP contribution is 2.58. The van der Waals surface area contributed by atoms with E-state index in [-0.39, 0.29) is 0 Å². The number of benzene rings is 1. The van der Waals surface area contributed by atoms with E-state index < -0.39 is 8.80 Å². The van der Waals surface area contributed by atoms with Gasteiger partial charge in [0.2, 0.25) is 0 Å². The van der Waals surface area contributed by atoms with Crippen LogP contribution in [-0.4, -0.2) is 39.4 Å². The Labute approximate surface area is 271 Å². The quantitative estimate of drug-likeness (QED) is 0.0501. The topological polar surface area (TPSA) is 40.6 Å². The van der Waals surface area contributed by atoms with Crippen molar-refractivity contribution in [3.05, 3.63) is 24.3 Å². The summed E-state index contributed by atoms with van der Waals surface area (Å²) in [5.74, 6) is 1.26. The van der Waals surface area contributed by atoms with Crippen LogP contribution >= 0.6 is 91.9 Å². The van der Waals surface area contributed by atoms with E-state index in [2.05, 4.69) is 23.2 Å². The van der Waals surface area contributed by atoms with Gasteiger partial charge in [-0.3, -0.25) is 0 Å². The van der Waals surface area contributed by atoms with E-state index in [1.807, 2.05) is 86.8 Å². The minimum atomic E-state index is -2.43. The van der Waals surface area contributed by atoms with Crippen LogP contribution in [0.4, 0.5) is 0 Å². The molecule has 0 amide bonds. The molecule has 0 unspecified atom stereocenters. The number of para-hydroxylation sites is 1. The molecule has 0 saturated heterocycles. The van der Waals surface area contributed by atoms with Gasteiger partial charge in [-0.1, -0.05) is 74.3 Å². The van der Waals surface area contributed by atoms with Gasteiger partial charge in [0.25, 0.3) is 0 Å². The van der Waals surface area contributed by atoms with Crippen molar-refractivity contribution in [3.8, 4) is 0 Å². The third-order valence-electron chi connectivity index (χ3n) is 5.62. The Balaban J connectivity index is 1.29. The van der Waals surface area contributed by atoms with Gasteiger partial charge >= 0.3 is 8.80 Å². The van der Waals surface area contributed by atoms with Gasteiger partial charge in [0.1, 0.15) is 0 Å². The summed E-state index contributed by atoms with van der Waals surface area (Å²) in [6.07, 6.45) is 13.3. The van der Waals surface area contributed by atoms with Crippen molar-refractivity contribution >= 4 is 111 Å². The van der Waals surface area contributed by atoms with Gasteiger partial charge in [-0.05, 0) is 115 Å². The highest BCUT2D eigenvalue weighted by atomic mass is 34.0. The average molecular weight is 722 g/mol. The van der Waals surface area contributed by atoms with Crippen LogP contribution < -0.4 is 0 Å². The van der Waals surface area contributed by atoms with E-state index in [4.69, 9.17) is 13.3 Å². The van der Waals surface area contributed by atoms with Gasteiger partial charge in [-0.15, -0.1) is 11.3 Å². The Morgan fingerprint density at radius 1 is 0.667 bits per heavy atom. The number of hydrogen-bond acceptors (Lipinski definition) is 13. The van der Waals surface area contributed by atoms with E-state index in [0.717, 1.165) is 22.3 Å². The zero-order chi connectivity index (χ0) is 27.9. The number of unbranched alkanes of at least 4 members (excludes halogenated alkanes) is 9. The van der Waals surface area contributed by atoms with Crippen LogP contribution in [0.3, 0.4) is 0 Å². The maximum Gasteiger partial charge on any atom is 0.500 e. The van der Waals surface area contributed by atoms with Gasteiger partial charge in [0, 0.05) is 31.6 Å². The molecule has 0 spiro atoms. The molecule has 224 valence electrons. The zero-order valence-corrected chi connectivity index (χ0v) is 31.6. The SMILES string of the molecule is CCO[Si](CCCCCCCCCCCCSSSSSSSSc1nc2ccccc2s1)(OCC)OCC. The molecule has 0 fully saturated rings. The van der Waals surface area contributed by atoms with Gasteiger partial charge < -0.3 is 13.3 Å². The van der Waals surface area contributed by atoms with Crippen LogP contribution in [0, 0.1) is 0 Å². The maximum atomic E-state index is 5.95. The minimum absolute atomic E-state index is 0.673. The molecule has 14 heteroatoms. The zero-order valence-electron chi connectivity index (χ0n) is 23.3. The first kappa shape index (κ1) is 37.2. The smallest absolute Gasteiger partial charge is 0.374 e. The molecule has 4 nitrogen and oxygen atoms in total. The highest BCUT2D eigenvalue weighted by Gasteiger charge is 2.39. The van der Waals surface area contributed by atoms with Crippen LogP contribution in [0.2, 0.25) is 6.04 Å². The van der Waals surface area contributed by atoms with Crippen LogP contribution in [0.15, 0.2) is 28.6 Å². The van der Waals surface area contributed by atoms with Crippen molar-refractivity contribution in [2.45, 2.75) is 95.4 Å². The number of rotatable bonds is 27. The van der Waals surface area contributed by atoms with Crippen molar-refractivity contribution in [3.63, 3.8) is 0 Å². The van der Waals surface area contributed by atoms with E-state index in [0.29, 0.717) is 19.8 Å². The number of thiazole rings is 1. The lowest BCUT2D eigenvalue weighted by molar-refractivity contribution is 0.0706. The molecule has 0 aliphatic heterocycles. The predicted molar refractivity (Wildman–Crippen MR) is 195 cm³/mol. The molecule has 0 radical (unpaired) electrons. The fourth-order valence-corrected chi connectivity index (χ4v) is 25.0. The molecule has 1 heterocycles. The Bertz CT molecular complexity index is 802. The summed E-state index contributed by atoms with van der Waals surface area (Å²) in [7, 11) is 12.4. The molecule has 39 heavy (non-hydrogen) atoms. The summed E-state index contributed by atoms with van der Waals surface area (Å²) in [6, 6.07) is 9.30. The Morgan fingerprint density at radius 2 is 1.21 bits per heavy atom. The second-order valence-electron chi connectivity index (χ2n) is 8.53. The first-order valence-corrected chi connectivity index (χ1v) is 26.9. The van der Waals surface area contributed by atoms with Crippen molar-refractivity contribution < 1.29 is 13.3 Å². The minimum Gasteiger partial charge on any atom is -0.374 e. The lowest BCUT2D eigenvalue weighted by Crippen LogP contribution is -2.45. The lowest BCUT2D eigenvalue weighted by Gasteiger charge is -2.28. The summed E-state index contributed by atoms with van der Waals surface area (Å²) < 4.78 is 20.3. The van der Waals surface area contributed by atoms with Crippen LogP contribution in [0.1, 0.15) is 85.0 Å². The Hall–Kier alpha value is 2.01. The number of fused-ring (bicyclic) bond motifs is 1. The summed E-state index contributed by atoms with van der Waals surface area (Å²) in [6.45, 7) is 8.11. The molecule has 0 aliphatic carbocycles. The van der Waals surface area contributed by atoms with Crippen LogP contribution in [0.5, 0.6) is 0 Å². The molecular weight excluding hydrogens is 679 g/mol. The van der Waals surface area contributed by atoms with E-state index in [1.54, 1.807) is 32.0 Å². The predicted octanol–water partition coefficient (Wildman–Crippen LogP) is 12.9. The van der Waals surface area contributed by atoms with Crippen molar-refractivity contribution in [1.29, 1.82) is 0 Å². The third kappa shape index (κ3) is 17.8. The lowest BCUT2D eigenvalue weighted by atomic mass is 10.1. The second-order valence-corrected chi connectivity index (χ2v) is 25.6. The van der Waals surface area contributed by atoms with Gasteiger partial charge in [0.05, 0.1) is 10.2 Å². The molecule has 2 rings (SSSR count). The number of hydrogen-bond donors (Lipinski definition) is 0. The maximum absolute atomic E-state index is 5.95. The molecule has 1 aromatic heterocycles. The van der Waals surface area contributed by atoms with E-state index in [9.17, 15) is 0 Å². The van der Waals surface area contributed by atoms with E-state index >= 15 is 0 Å². The first-order valence-electron chi connectivity index (χ1n) is 13.8. The van der Waals surface area contributed by atoms with Gasteiger partial charge in [0.15, 0.2) is 4.34 Å². The summed E-state index contributed by atoms with van der Waals surface area (Å²) >= 11 is 1.77. The molecule has 0 saturated carbocycles. The largest absolute Gasteiger partial charge is 0.500 e. The summed E-state index contributed by atoms with van der Waals surface area (Å²) in [4.78, 5) is 4.66. The van der Waals surface area contributed by atoms with E-state index in [1.165, 1.54) is 68.2 Å². The standard InChI is InChI=1S/C25H43NO3S9Si/c1-4-27-39(28-5-2,29-6-3)22-18-14-12-10-8-7-9-11-13-17-21-30-33-35-37-38-36-34-32-25-26-23-19-15-16-20-24(23)31-25/h15-16,19-20H,4-14,17-18,21-22H2,1-3H3. The second kappa shape index (κ2) is 25.3. The van der Waals surface area contributed by atoms with Crippen LogP contribution in [-0.2, 0) is 13.3 Å². The average Bonchev–Trinajstić information content (AvgIpc) is 3.35. The summed E-state index contributed by atoms with van der Waals surface area (Å²) in [5, 5.41) is 0. The normalized spacial score (nSPS) is 12.1. The fourth-order valence-electron chi connectivity index (χ4n) is 3.95.